The summed E-state index contributed by atoms with van der Waals surface area (Å²) in [5.74, 6) is -1.72. The summed E-state index contributed by atoms with van der Waals surface area (Å²) in [5.41, 5.74) is 1.92. The van der Waals surface area contributed by atoms with E-state index in [1.807, 2.05) is 0 Å². The zero-order valence-corrected chi connectivity index (χ0v) is 18.6. The third kappa shape index (κ3) is 5.39. The van der Waals surface area contributed by atoms with E-state index in [9.17, 15) is 22.8 Å². The molecule has 0 atom stereocenters. The molecule has 0 unspecified atom stereocenters. The maximum atomic E-state index is 12.5. The number of methoxy groups -OCH3 is 1. The van der Waals surface area contributed by atoms with Gasteiger partial charge in [-0.1, -0.05) is 12.1 Å². The molecule has 1 aliphatic heterocycles. The van der Waals surface area contributed by atoms with Crippen LogP contribution in [0.2, 0.25) is 0 Å². The lowest BCUT2D eigenvalue weighted by Gasteiger charge is -2.13. The molecule has 164 valence electrons. The molecule has 31 heavy (non-hydrogen) atoms. The van der Waals surface area contributed by atoms with Crippen LogP contribution in [0.1, 0.15) is 43.6 Å². The number of hydrogen-bond donors (Lipinski definition) is 1. The highest BCUT2D eigenvalue weighted by Crippen LogP contribution is 2.38. The summed E-state index contributed by atoms with van der Waals surface area (Å²) in [5, 5.41) is 2.94. The van der Waals surface area contributed by atoms with Gasteiger partial charge in [0.25, 0.3) is 0 Å². The lowest BCUT2D eigenvalue weighted by Crippen LogP contribution is -2.20. The van der Waals surface area contributed by atoms with Crippen LogP contribution in [0.25, 0.3) is 6.08 Å². The van der Waals surface area contributed by atoms with Crippen molar-refractivity contribution in [2.24, 2.45) is 0 Å². The molecule has 1 aromatic carbocycles. The number of nitrogens with one attached hydrogen (secondary N) is 1. The van der Waals surface area contributed by atoms with E-state index < -0.39 is 27.7 Å². The number of fused-ring (bicyclic) bond motifs is 1. The first kappa shape index (κ1) is 22.7. The molecule has 2 heterocycles. The number of rotatable bonds is 6. The fourth-order valence-corrected chi connectivity index (χ4v) is 6.15. The van der Waals surface area contributed by atoms with Crippen LogP contribution in [0.5, 0.6) is 0 Å². The van der Waals surface area contributed by atoms with Crippen LogP contribution in [0.15, 0.2) is 30.3 Å². The molecule has 3 rings (SSSR count). The SMILES string of the molecule is CCOC(=O)c1c(NC(=O)/C=C/c2ccc(C(=O)OC)cc2)sc2c1CCS(=O)(=O)C2. The topological polar surface area (TPSA) is 116 Å². The number of thiophene rings is 1. The van der Waals surface area contributed by atoms with Gasteiger partial charge in [-0.2, -0.15) is 0 Å². The molecular weight excluding hydrogens is 442 g/mol. The van der Waals surface area contributed by atoms with Crippen LogP contribution >= 0.6 is 11.3 Å². The van der Waals surface area contributed by atoms with Crippen molar-refractivity contribution in [2.45, 2.75) is 19.1 Å². The lowest BCUT2D eigenvalue weighted by molar-refractivity contribution is -0.111. The minimum absolute atomic E-state index is 0.0437. The molecule has 0 saturated heterocycles. The van der Waals surface area contributed by atoms with Gasteiger partial charge in [-0.3, -0.25) is 4.79 Å². The summed E-state index contributed by atoms with van der Waals surface area (Å²) in [6.45, 7) is 1.84. The minimum Gasteiger partial charge on any atom is -0.465 e. The van der Waals surface area contributed by atoms with Gasteiger partial charge in [0, 0.05) is 11.0 Å². The molecule has 10 heteroatoms. The first-order valence-electron chi connectivity index (χ1n) is 9.43. The Morgan fingerprint density at radius 1 is 1.16 bits per heavy atom. The molecule has 1 aromatic heterocycles. The maximum Gasteiger partial charge on any atom is 0.341 e. The second-order valence-corrected chi connectivity index (χ2v) is 10.00. The molecule has 0 fully saturated rings. The lowest BCUT2D eigenvalue weighted by atomic mass is 10.1. The van der Waals surface area contributed by atoms with Crippen LogP contribution < -0.4 is 5.32 Å². The fraction of sp³-hybridized carbons (Fsp3) is 0.286. The highest BCUT2D eigenvalue weighted by Gasteiger charge is 2.31. The van der Waals surface area contributed by atoms with E-state index in [1.165, 1.54) is 13.2 Å². The quantitative estimate of drug-likeness (QED) is 0.517. The largest absolute Gasteiger partial charge is 0.465 e. The number of sulfone groups is 1. The van der Waals surface area contributed by atoms with Crippen molar-refractivity contribution >= 4 is 50.1 Å². The van der Waals surface area contributed by atoms with Crippen molar-refractivity contribution < 1.29 is 32.3 Å². The van der Waals surface area contributed by atoms with Gasteiger partial charge in [-0.25, -0.2) is 18.0 Å². The Hall–Kier alpha value is -2.98. The summed E-state index contributed by atoms with van der Waals surface area (Å²) in [7, 11) is -1.93. The number of carbonyl (C=O) groups excluding carboxylic acids is 3. The van der Waals surface area contributed by atoms with Crippen molar-refractivity contribution in [3.05, 3.63) is 57.5 Å². The molecule has 0 radical (unpaired) electrons. The summed E-state index contributed by atoms with van der Waals surface area (Å²) in [4.78, 5) is 36.9. The number of hydrogen-bond acceptors (Lipinski definition) is 8. The van der Waals surface area contributed by atoms with Crippen LogP contribution in [0.4, 0.5) is 5.00 Å². The maximum absolute atomic E-state index is 12.5. The summed E-state index contributed by atoms with van der Waals surface area (Å²) in [6, 6.07) is 6.48. The van der Waals surface area contributed by atoms with E-state index in [-0.39, 0.29) is 35.1 Å². The number of ether oxygens (including phenoxy) is 2. The van der Waals surface area contributed by atoms with Gasteiger partial charge in [0.05, 0.1) is 36.3 Å². The van der Waals surface area contributed by atoms with Gasteiger partial charge in [0.15, 0.2) is 9.84 Å². The number of anilines is 1. The Labute approximate surface area is 183 Å². The molecule has 0 saturated carbocycles. The summed E-state index contributed by atoms with van der Waals surface area (Å²) < 4.78 is 33.7. The van der Waals surface area contributed by atoms with Crippen molar-refractivity contribution in [3.8, 4) is 0 Å². The first-order valence-corrected chi connectivity index (χ1v) is 12.1. The number of esters is 2. The Morgan fingerprint density at radius 3 is 2.52 bits per heavy atom. The summed E-state index contributed by atoms with van der Waals surface area (Å²) >= 11 is 1.08. The molecule has 2 aromatic rings. The second-order valence-electron chi connectivity index (χ2n) is 6.71. The van der Waals surface area contributed by atoms with Crippen molar-refractivity contribution in [1.82, 2.24) is 0 Å². The average Bonchev–Trinajstić information content (AvgIpc) is 3.07. The van der Waals surface area contributed by atoms with Crippen LogP contribution in [0.3, 0.4) is 0 Å². The van der Waals surface area contributed by atoms with Crippen molar-refractivity contribution in [3.63, 3.8) is 0 Å². The zero-order chi connectivity index (χ0) is 22.6. The highest BCUT2D eigenvalue weighted by molar-refractivity contribution is 7.90. The van der Waals surface area contributed by atoms with E-state index in [4.69, 9.17) is 4.74 Å². The smallest absolute Gasteiger partial charge is 0.341 e. The Bertz CT molecular complexity index is 1150. The number of carbonyl (C=O) groups is 3. The average molecular weight is 464 g/mol. The number of amides is 1. The molecular formula is C21H21NO7S2. The van der Waals surface area contributed by atoms with Gasteiger partial charge in [-0.15, -0.1) is 11.3 Å². The van der Waals surface area contributed by atoms with Gasteiger partial charge in [0.1, 0.15) is 5.00 Å². The molecule has 0 spiro atoms. The Kier molecular flexibility index (Phi) is 6.91. The zero-order valence-electron chi connectivity index (χ0n) is 17.0. The van der Waals surface area contributed by atoms with E-state index >= 15 is 0 Å². The van der Waals surface area contributed by atoms with E-state index in [2.05, 4.69) is 10.1 Å². The van der Waals surface area contributed by atoms with Crippen molar-refractivity contribution in [2.75, 3.05) is 24.8 Å². The van der Waals surface area contributed by atoms with Crippen LogP contribution in [-0.4, -0.2) is 45.7 Å². The van der Waals surface area contributed by atoms with Gasteiger partial charge < -0.3 is 14.8 Å². The summed E-state index contributed by atoms with van der Waals surface area (Å²) in [6.07, 6.45) is 3.05. The van der Waals surface area contributed by atoms with Crippen molar-refractivity contribution in [1.29, 1.82) is 0 Å². The van der Waals surface area contributed by atoms with E-state index in [0.29, 0.717) is 21.6 Å². The monoisotopic (exact) mass is 463 g/mol. The first-order chi connectivity index (χ1) is 14.7. The number of benzene rings is 1. The van der Waals surface area contributed by atoms with Gasteiger partial charge >= 0.3 is 11.9 Å². The van der Waals surface area contributed by atoms with E-state index in [0.717, 1.165) is 11.3 Å². The third-order valence-corrected chi connectivity index (χ3v) is 7.46. The van der Waals surface area contributed by atoms with Crippen LogP contribution in [0, 0.1) is 0 Å². The molecule has 8 nitrogen and oxygen atoms in total. The van der Waals surface area contributed by atoms with Crippen LogP contribution in [-0.2, 0) is 36.3 Å². The standard InChI is InChI=1S/C21H21NO7S2/c1-3-29-21(25)18-15-10-11-31(26,27)12-16(15)30-19(18)22-17(23)9-6-13-4-7-14(8-5-13)20(24)28-2/h4-9H,3,10-12H2,1-2H3,(H,22,23)/b9-6+. The molecule has 0 bridgehead atoms. The van der Waals surface area contributed by atoms with Gasteiger partial charge in [-0.05, 0) is 42.7 Å². The predicted molar refractivity (Wildman–Crippen MR) is 117 cm³/mol. The predicted octanol–water partition coefficient (Wildman–Crippen LogP) is 2.83. The fourth-order valence-electron chi connectivity index (χ4n) is 3.10. The van der Waals surface area contributed by atoms with E-state index in [1.54, 1.807) is 37.3 Å². The molecule has 1 N–H and O–H groups in total. The molecule has 1 aliphatic rings. The molecule has 1 amide bonds. The Balaban J connectivity index is 1.80. The highest BCUT2D eigenvalue weighted by atomic mass is 32.2. The Morgan fingerprint density at radius 2 is 1.87 bits per heavy atom. The second kappa shape index (κ2) is 9.44. The normalized spacial score (nSPS) is 14.6. The third-order valence-electron chi connectivity index (χ3n) is 4.58. The minimum atomic E-state index is -3.23. The molecule has 0 aliphatic carbocycles. The van der Waals surface area contributed by atoms with Gasteiger partial charge in [0.2, 0.25) is 5.91 Å².